The van der Waals surface area contributed by atoms with Gasteiger partial charge in [-0.15, -0.1) is 0 Å². The Bertz CT molecular complexity index is 769. The third kappa shape index (κ3) is 3.97. The lowest BCUT2D eigenvalue weighted by Gasteiger charge is -2.03. The van der Waals surface area contributed by atoms with Gasteiger partial charge in [-0.05, 0) is 12.1 Å². The van der Waals surface area contributed by atoms with Crippen molar-refractivity contribution in [3.63, 3.8) is 0 Å². The van der Waals surface area contributed by atoms with Gasteiger partial charge in [-0.3, -0.25) is 14.9 Å². The van der Waals surface area contributed by atoms with Crippen molar-refractivity contribution in [1.29, 1.82) is 0 Å². The number of hydrogen-bond donors (Lipinski definition) is 2. The highest BCUT2D eigenvalue weighted by Gasteiger charge is 2.14. The first-order chi connectivity index (χ1) is 11.0. The Kier molecular flexibility index (Phi) is 4.78. The molecule has 2 aromatic rings. The number of aliphatic carboxylic acids is 1. The first-order valence-electron chi connectivity index (χ1n) is 6.40. The number of non-ortho nitro benzene ring substituents is 1. The van der Waals surface area contributed by atoms with E-state index in [1.165, 1.54) is 24.3 Å². The number of carboxylic acid groups (broad SMARTS) is 1. The Morgan fingerprint density at radius 3 is 2.13 bits per heavy atom. The Morgan fingerprint density at radius 1 is 1.00 bits per heavy atom. The van der Waals surface area contributed by atoms with E-state index in [2.05, 4.69) is 10.5 Å². The number of hydrazone groups is 1. The summed E-state index contributed by atoms with van der Waals surface area (Å²) in [5.41, 5.74) is 2.11. The van der Waals surface area contributed by atoms with Crippen molar-refractivity contribution >= 4 is 23.3 Å². The molecule has 2 rings (SSSR count). The van der Waals surface area contributed by atoms with E-state index in [4.69, 9.17) is 5.11 Å². The SMILES string of the molecule is O=C(O)/C(=N\NC(=O)c1ccc([N+](=O)[O-])cc1)c1ccccc1. The number of rotatable bonds is 5. The Balaban J connectivity index is 2.18. The molecule has 116 valence electrons. The highest BCUT2D eigenvalue weighted by atomic mass is 16.6. The zero-order chi connectivity index (χ0) is 16.8. The molecule has 0 saturated heterocycles. The lowest BCUT2D eigenvalue weighted by molar-refractivity contribution is -0.384. The van der Waals surface area contributed by atoms with Crippen LogP contribution in [0.5, 0.6) is 0 Å². The minimum atomic E-state index is -1.29. The number of nitro groups is 1. The van der Waals surface area contributed by atoms with Crippen LogP contribution in [0.1, 0.15) is 15.9 Å². The maximum absolute atomic E-state index is 11.9. The van der Waals surface area contributed by atoms with Crippen LogP contribution in [0, 0.1) is 10.1 Å². The van der Waals surface area contributed by atoms with Crippen molar-refractivity contribution in [3.8, 4) is 0 Å². The fourth-order valence-corrected chi connectivity index (χ4v) is 1.74. The Labute approximate surface area is 130 Å². The lowest BCUT2D eigenvalue weighted by Crippen LogP contribution is -2.24. The summed E-state index contributed by atoms with van der Waals surface area (Å²) in [6, 6.07) is 13.0. The van der Waals surface area contributed by atoms with Gasteiger partial charge >= 0.3 is 5.97 Å². The molecule has 2 N–H and O–H groups in total. The molecule has 0 saturated carbocycles. The second-order valence-electron chi connectivity index (χ2n) is 4.38. The summed E-state index contributed by atoms with van der Waals surface area (Å²) in [6.07, 6.45) is 0. The minimum Gasteiger partial charge on any atom is -0.476 e. The molecule has 0 aromatic heterocycles. The van der Waals surface area contributed by atoms with Crippen molar-refractivity contribution in [2.45, 2.75) is 0 Å². The fraction of sp³-hybridized carbons (Fsp3) is 0. The Morgan fingerprint density at radius 2 is 1.61 bits per heavy atom. The average molecular weight is 313 g/mol. The van der Waals surface area contributed by atoms with E-state index in [1.807, 2.05) is 0 Å². The van der Waals surface area contributed by atoms with E-state index >= 15 is 0 Å². The molecular formula is C15H11N3O5. The number of carbonyl (C=O) groups excluding carboxylic acids is 1. The quantitative estimate of drug-likeness (QED) is 0.495. The van der Waals surface area contributed by atoms with Gasteiger partial charge in [0, 0.05) is 23.3 Å². The van der Waals surface area contributed by atoms with E-state index in [9.17, 15) is 19.7 Å². The maximum Gasteiger partial charge on any atom is 0.356 e. The molecule has 8 nitrogen and oxygen atoms in total. The monoisotopic (exact) mass is 313 g/mol. The summed E-state index contributed by atoms with van der Waals surface area (Å²) in [5, 5.41) is 23.3. The van der Waals surface area contributed by atoms with Gasteiger partial charge < -0.3 is 5.11 Å². The molecule has 0 aliphatic heterocycles. The van der Waals surface area contributed by atoms with E-state index in [1.54, 1.807) is 30.3 Å². The molecule has 0 radical (unpaired) electrons. The standard InChI is InChI=1S/C15H11N3O5/c19-14(11-6-8-12(9-7-11)18(22)23)17-16-13(15(20)21)10-4-2-1-3-5-10/h1-9H,(H,17,19)(H,20,21)/b16-13-. The van der Waals surface area contributed by atoms with Crippen molar-refractivity contribution in [2.75, 3.05) is 0 Å². The van der Waals surface area contributed by atoms with E-state index in [0.717, 1.165) is 0 Å². The third-order valence-electron chi connectivity index (χ3n) is 2.86. The number of amides is 1. The van der Waals surface area contributed by atoms with Crippen LogP contribution in [0.2, 0.25) is 0 Å². The van der Waals surface area contributed by atoms with E-state index < -0.39 is 16.8 Å². The fourth-order valence-electron chi connectivity index (χ4n) is 1.74. The van der Waals surface area contributed by atoms with E-state index in [-0.39, 0.29) is 17.0 Å². The first kappa shape index (κ1) is 15.8. The first-order valence-corrected chi connectivity index (χ1v) is 6.40. The van der Waals surface area contributed by atoms with Gasteiger partial charge in [0.05, 0.1) is 4.92 Å². The molecule has 0 fully saturated rings. The number of nitro benzene ring substituents is 1. The van der Waals surface area contributed by atoms with Crippen molar-refractivity contribution in [2.24, 2.45) is 5.10 Å². The molecule has 0 spiro atoms. The summed E-state index contributed by atoms with van der Waals surface area (Å²) in [6.45, 7) is 0. The topological polar surface area (TPSA) is 122 Å². The average Bonchev–Trinajstić information content (AvgIpc) is 2.55. The predicted molar refractivity (Wildman–Crippen MR) is 81.2 cm³/mol. The van der Waals surface area contributed by atoms with Gasteiger partial charge in [0.25, 0.3) is 11.6 Å². The van der Waals surface area contributed by atoms with Crippen molar-refractivity contribution < 1.29 is 19.6 Å². The zero-order valence-corrected chi connectivity index (χ0v) is 11.7. The van der Waals surface area contributed by atoms with Crippen molar-refractivity contribution in [1.82, 2.24) is 5.43 Å². The number of nitrogens with one attached hydrogen (secondary N) is 1. The van der Waals surface area contributed by atoms with Crippen LogP contribution < -0.4 is 5.43 Å². The van der Waals surface area contributed by atoms with Gasteiger partial charge in [0.2, 0.25) is 0 Å². The number of benzene rings is 2. The molecule has 0 atom stereocenters. The van der Waals surface area contributed by atoms with Crippen LogP contribution in [-0.2, 0) is 4.79 Å². The maximum atomic E-state index is 11.9. The van der Waals surface area contributed by atoms with Crippen LogP contribution in [-0.4, -0.2) is 27.6 Å². The molecule has 0 bridgehead atoms. The third-order valence-corrected chi connectivity index (χ3v) is 2.86. The van der Waals surface area contributed by atoms with Crippen LogP contribution in [0.25, 0.3) is 0 Å². The molecule has 8 heteroatoms. The summed E-state index contributed by atoms with van der Waals surface area (Å²) >= 11 is 0. The van der Waals surface area contributed by atoms with Gasteiger partial charge in [0.15, 0.2) is 5.71 Å². The lowest BCUT2D eigenvalue weighted by atomic mass is 10.1. The summed E-state index contributed by atoms with van der Waals surface area (Å²) in [7, 11) is 0. The molecule has 0 unspecified atom stereocenters. The number of carbonyl (C=O) groups is 2. The number of carboxylic acids is 1. The molecular weight excluding hydrogens is 302 g/mol. The largest absolute Gasteiger partial charge is 0.476 e. The van der Waals surface area contributed by atoms with Crippen LogP contribution >= 0.6 is 0 Å². The summed E-state index contributed by atoms with van der Waals surface area (Å²) in [5.74, 6) is -1.96. The predicted octanol–water partition coefficient (Wildman–Crippen LogP) is 1.81. The molecule has 1 amide bonds. The normalized spacial score (nSPS) is 10.9. The number of hydrogen-bond acceptors (Lipinski definition) is 5. The molecule has 23 heavy (non-hydrogen) atoms. The van der Waals surface area contributed by atoms with Gasteiger partial charge in [-0.1, -0.05) is 30.3 Å². The highest BCUT2D eigenvalue weighted by molar-refractivity contribution is 6.42. The molecule has 0 heterocycles. The summed E-state index contributed by atoms with van der Waals surface area (Å²) in [4.78, 5) is 33.1. The van der Waals surface area contributed by atoms with Crippen LogP contribution in [0.3, 0.4) is 0 Å². The summed E-state index contributed by atoms with van der Waals surface area (Å²) < 4.78 is 0. The Hall–Kier alpha value is -3.55. The van der Waals surface area contributed by atoms with Gasteiger partial charge in [-0.25, -0.2) is 10.2 Å². The van der Waals surface area contributed by atoms with Crippen molar-refractivity contribution in [3.05, 3.63) is 75.8 Å². The number of nitrogens with zero attached hydrogens (tertiary/aromatic N) is 2. The molecule has 2 aromatic carbocycles. The minimum absolute atomic E-state index is 0.122. The zero-order valence-electron chi connectivity index (χ0n) is 11.7. The van der Waals surface area contributed by atoms with Crippen LogP contribution in [0.4, 0.5) is 5.69 Å². The smallest absolute Gasteiger partial charge is 0.356 e. The van der Waals surface area contributed by atoms with Gasteiger partial charge in [0.1, 0.15) is 0 Å². The molecule has 0 aliphatic rings. The molecule has 0 aliphatic carbocycles. The highest BCUT2D eigenvalue weighted by Crippen LogP contribution is 2.11. The van der Waals surface area contributed by atoms with Gasteiger partial charge in [-0.2, -0.15) is 5.10 Å². The van der Waals surface area contributed by atoms with Crippen LogP contribution in [0.15, 0.2) is 59.7 Å². The van der Waals surface area contributed by atoms with E-state index in [0.29, 0.717) is 5.56 Å². The second kappa shape index (κ2) is 6.94. The second-order valence-corrected chi connectivity index (χ2v) is 4.38.